The van der Waals surface area contributed by atoms with Crippen molar-refractivity contribution in [3.05, 3.63) is 0 Å². The van der Waals surface area contributed by atoms with Gasteiger partial charge in [0.2, 0.25) is 0 Å². The Morgan fingerprint density at radius 1 is 1.33 bits per heavy atom. The number of nitrogens with one attached hydrogen (secondary N) is 1. The van der Waals surface area contributed by atoms with E-state index in [1.165, 1.54) is 32.1 Å². The Hall–Kier alpha value is -0.730. The van der Waals surface area contributed by atoms with E-state index in [0.29, 0.717) is 6.04 Å². The largest absolute Gasteiger partial charge is 0.338 e. The minimum atomic E-state index is 0.172. The van der Waals surface area contributed by atoms with Gasteiger partial charge in [0, 0.05) is 19.1 Å². The van der Waals surface area contributed by atoms with Crippen LogP contribution in [0.4, 0.5) is 4.79 Å². The van der Waals surface area contributed by atoms with Crippen molar-refractivity contribution >= 4 is 6.03 Å². The molecule has 15 heavy (non-hydrogen) atoms. The van der Waals surface area contributed by atoms with Gasteiger partial charge in [0.05, 0.1) is 0 Å². The maximum atomic E-state index is 11.9. The number of amides is 2. The van der Waals surface area contributed by atoms with E-state index in [1.807, 2.05) is 4.90 Å². The maximum absolute atomic E-state index is 11.9. The molecule has 1 N–H and O–H groups in total. The molecule has 0 radical (unpaired) electrons. The average molecular weight is 210 g/mol. The van der Waals surface area contributed by atoms with Crippen molar-refractivity contribution in [3.8, 4) is 0 Å². The number of carbonyl (C=O) groups is 1. The highest BCUT2D eigenvalue weighted by Crippen LogP contribution is 2.28. The second kappa shape index (κ2) is 4.86. The summed E-state index contributed by atoms with van der Waals surface area (Å²) in [4.78, 5) is 13.9. The van der Waals surface area contributed by atoms with Gasteiger partial charge in [-0.05, 0) is 38.0 Å². The summed E-state index contributed by atoms with van der Waals surface area (Å²) >= 11 is 0. The summed E-state index contributed by atoms with van der Waals surface area (Å²) in [6.45, 7) is 3.95. The molecule has 2 fully saturated rings. The van der Waals surface area contributed by atoms with Gasteiger partial charge in [0.15, 0.2) is 0 Å². The second-order valence-corrected chi connectivity index (χ2v) is 4.91. The minimum absolute atomic E-state index is 0.172. The fourth-order valence-electron chi connectivity index (χ4n) is 2.11. The lowest BCUT2D eigenvalue weighted by molar-refractivity contribution is 0.189. The molecule has 3 heteroatoms. The van der Waals surface area contributed by atoms with E-state index < -0.39 is 0 Å². The van der Waals surface area contributed by atoms with Crippen LogP contribution in [-0.2, 0) is 0 Å². The number of rotatable bonds is 5. The molecule has 3 nitrogen and oxygen atoms in total. The van der Waals surface area contributed by atoms with Crippen molar-refractivity contribution in [2.45, 2.75) is 51.5 Å². The minimum Gasteiger partial charge on any atom is -0.338 e. The van der Waals surface area contributed by atoms with E-state index >= 15 is 0 Å². The first-order valence-corrected chi connectivity index (χ1v) is 6.35. The van der Waals surface area contributed by atoms with Crippen LogP contribution < -0.4 is 5.32 Å². The topological polar surface area (TPSA) is 32.3 Å². The highest BCUT2D eigenvalue weighted by atomic mass is 16.2. The monoisotopic (exact) mass is 210 g/mol. The van der Waals surface area contributed by atoms with Gasteiger partial charge >= 0.3 is 6.03 Å². The van der Waals surface area contributed by atoms with E-state index in [0.717, 1.165) is 25.4 Å². The molecular formula is C12H22N2O. The molecule has 2 amide bonds. The quantitative estimate of drug-likeness (QED) is 0.742. The SMILES string of the molecule is CCCN(C(=O)NCC1CCC1)C1CC1. The molecule has 2 aliphatic carbocycles. The van der Waals surface area contributed by atoms with E-state index in [2.05, 4.69) is 12.2 Å². The van der Waals surface area contributed by atoms with Crippen LogP contribution in [0.1, 0.15) is 45.4 Å². The predicted molar refractivity (Wildman–Crippen MR) is 60.8 cm³/mol. The molecule has 0 aromatic heterocycles. The summed E-state index contributed by atoms with van der Waals surface area (Å²) in [5, 5.41) is 3.08. The van der Waals surface area contributed by atoms with Gasteiger partial charge in [0.25, 0.3) is 0 Å². The van der Waals surface area contributed by atoms with E-state index in [9.17, 15) is 4.79 Å². The number of hydrogen-bond acceptors (Lipinski definition) is 1. The van der Waals surface area contributed by atoms with Gasteiger partial charge in [0.1, 0.15) is 0 Å². The van der Waals surface area contributed by atoms with E-state index in [4.69, 9.17) is 0 Å². The Bertz CT molecular complexity index is 222. The molecule has 0 atom stereocenters. The van der Waals surface area contributed by atoms with Crippen molar-refractivity contribution in [2.75, 3.05) is 13.1 Å². The van der Waals surface area contributed by atoms with Gasteiger partial charge in [-0.25, -0.2) is 4.79 Å². The molecule has 0 saturated heterocycles. The van der Waals surface area contributed by atoms with Crippen LogP contribution in [0.3, 0.4) is 0 Å². The van der Waals surface area contributed by atoms with Crippen LogP contribution in [0.15, 0.2) is 0 Å². The fourth-order valence-corrected chi connectivity index (χ4v) is 2.11. The number of carbonyl (C=O) groups excluding carboxylic acids is 1. The summed E-state index contributed by atoms with van der Waals surface area (Å²) in [7, 11) is 0. The van der Waals surface area contributed by atoms with Gasteiger partial charge < -0.3 is 10.2 Å². The van der Waals surface area contributed by atoms with Crippen molar-refractivity contribution in [2.24, 2.45) is 5.92 Å². The third-order valence-electron chi connectivity index (χ3n) is 3.48. The zero-order chi connectivity index (χ0) is 10.7. The van der Waals surface area contributed by atoms with Crippen molar-refractivity contribution in [1.82, 2.24) is 10.2 Å². The highest BCUT2D eigenvalue weighted by Gasteiger charge is 2.32. The Balaban J connectivity index is 1.71. The van der Waals surface area contributed by atoms with Crippen LogP contribution in [0, 0.1) is 5.92 Å². The molecule has 0 aromatic rings. The van der Waals surface area contributed by atoms with Crippen molar-refractivity contribution in [3.63, 3.8) is 0 Å². The van der Waals surface area contributed by atoms with Crippen molar-refractivity contribution < 1.29 is 4.79 Å². The van der Waals surface area contributed by atoms with Gasteiger partial charge in [-0.15, -0.1) is 0 Å². The Kier molecular flexibility index (Phi) is 3.49. The zero-order valence-corrected chi connectivity index (χ0v) is 9.67. The maximum Gasteiger partial charge on any atom is 0.317 e. The van der Waals surface area contributed by atoms with Gasteiger partial charge in [-0.1, -0.05) is 13.3 Å². The van der Waals surface area contributed by atoms with Crippen molar-refractivity contribution in [1.29, 1.82) is 0 Å². The highest BCUT2D eigenvalue weighted by molar-refractivity contribution is 5.74. The third kappa shape index (κ3) is 2.86. The molecule has 0 unspecified atom stereocenters. The molecule has 2 aliphatic rings. The molecule has 86 valence electrons. The van der Waals surface area contributed by atoms with E-state index in [-0.39, 0.29) is 6.03 Å². The number of urea groups is 1. The van der Waals surface area contributed by atoms with Gasteiger partial charge in [-0.2, -0.15) is 0 Å². The Labute approximate surface area is 92.2 Å². The molecular weight excluding hydrogens is 188 g/mol. The third-order valence-corrected chi connectivity index (χ3v) is 3.48. The summed E-state index contributed by atoms with van der Waals surface area (Å²) in [6, 6.07) is 0.720. The van der Waals surface area contributed by atoms with E-state index in [1.54, 1.807) is 0 Å². The predicted octanol–water partition coefficient (Wildman–Crippen LogP) is 2.37. The summed E-state index contributed by atoms with van der Waals surface area (Å²) < 4.78 is 0. The fraction of sp³-hybridized carbons (Fsp3) is 0.917. The number of hydrogen-bond donors (Lipinski definition) is 1. The first-order valence-electron chi connectivity index (χ1n) is 6.35. The molecule has 2 rings (SSSR count). The average Bonchev–Trinajstić information content (AvgIpc) is 2.94. The smallest absolute Gasteiger partial charge is 0.317 e. The van der Waals surface area contributed by atoms with Gasteiger partial charge in [-0.3, -0.25) is 0 Å². The number of nitrogens with zero attached hydrogens (tertiary/aromatic N) is 1. The van der Waals surface area contributed by atoms with Crippen LogP contribution in [0.5, 0.6) is 0 Å². The molecule has 0 spiro atoms. The molecule has 2 saturated carbocycles. The standard InChI is InChI=1S/C12H22N2O/c1-2-8-14(11-6-7-11)12(15)13-9-10-4-3-5-10/h10-11H,2-9H2,1H3,(H,13,15). The Morgan fingerprint density at radius 2 is 2.07 bits per heavy atom. The summed E-state index contributed by atoms with van der Waals surface area (Å²) in [5.41, 5.74) is 0. The Morgan fingerprint density at radius 3 is 2.53 bits per heavy atom. The summed E-state index contributed by atoms with van der Waals surface area (Å²) in [6.07, 6.45) is 7.43. The van der Waals surface area contributed by atoms with Crippen LogP contribution in [0.2, 0.25) is 0 Å². The summed E-state index contributed by atoms with van der Waals surface area (Å²) in [5.74, 6) is 0.761. The van der Waals surface area contributed by atoms with Crippen LogP contribution >= 0.6 is 0 Å². The zero-order valence-electron chi connectivity index (χ0n) is 9.67. The first-order chi connectivity index (χ1) is 7.31. The van der Waals surface area contributed by atoms with Crippen LogP contribution in [0.25, 0.3) is 0 Å². The second-order valence-electron chi connectivity index (χ2n) is 4.91. The lowest BCUT2D eigenvalue weighted by atomic mass is 9.85. The first kappa shape index (κ1) is 10.8. The van der Waals surface area contributed by atoms with Crippen LogP contribution in [-0.4, -0.2) is 30.1 Å². The lowest BCUT2D eigenvalue weighted by Gasteiger charge is -2.28. The molecule has 0 aliphatic heterocycles. The lowest BCUT2D eigenvalue weighted by Crippen LogP contribution is -2.44. The molecule has 0 heterocycles. The molecule has 0 bridgehead atoms. The molecule has 0 aromatic carbocycles. The normalized spacial score (nSPS) is 20.9.